The van der Waals surface area contributed by atoms with E-state index < -0.39 is 16.1 Å². The number of sulfonamides is 1. The Bertz CT molecular complexity index is 957. The average molecular weight is 415 g/mol. The van der Waals surface area contributed by atoms with Gasteiger partial charge >= 0.3 is 0 Å². The number of amides is 1. The summed E-state index contributed by atoms with van der Waals surface area (Å²) in [6.07, 6.45) is 6.49. The van der Waals surface area contributed by atoms with Gasteiger partial charge in [-0.3, -0.25) is 4.79 Å². The van der Waals surface area contributed by atoms with Crippen molar-refractivity contribution < 1.29 is 13.2 Å². The molecule has 1 N–H and O–H groups in total. The number of likely N-dealkylation sites (N-methyl/N-ethyl adjacent to an activating group) is 1. The van der Waals surface area contributed by atoms with Gasteiger partial charge in [-0.2, -0.15) is 4.31 Å². The highest BCUT2D eigenvalue weighted by Gasteiger charge is 2.32. The first-order valence-electron chi connectivity index (χ1n) is 10.2. The molecule has 0 spiro atoms. The maximum absolute atomic E-state index is 13.2. The Morgan fingerprint density at radius 1 is 1.03 bits per heavy atom. The Kier molecular flexibility index (Phi) is 6.75. The summed E-state index contributed by atoms with van der Waals surface area (Å²) in [4.78, 5) is 13.2. The molecule has 0 bridgehead atoms. The minimum atomic E-state index is -3.54. The van der Waals surface area contributed by atoms with E-state index in [9.17, 15) is 13.2 Å². The van der Waals surface area contributed by atoms with E-state index in [1.807, 2.05) is 25.1 Å². The summed E-state index contributed by atoms with van der Waals surface area (Å²) in [5.74, 6) is -0.311. The third kappa shape index (κ3) is 5.06. The molecule has 2 atom stereocenters. The lowest BCUT2D eigenvalue weighted by Crippen LogP contribution is -2.42. The zero-order valence-corrected chi connectivity index (χ0v) is 18.2. The minimum absolute atomic E-state index is 0.158. The molecule has 0 aliphatic heterocycles. The highest BCUT2D eigenvalue weighted by molar-refractivity contribution is 7.88. The summed E-state index contributed by atoms with van der Waals surface area (Å²) in [6.45, 7) is 2.03. The second-order valence-corrected chi connectivity index (χ2v) is 9.84. The minimum Gasteiger partial charge on any atom is -0.348 e. The van der Waals surface area contributed by atoms with E-state index >= 15 is 0 Å². The van der Waals surface area contributed by atoms with E-state index in [2.05, 4.69) is 23.5 Å². The summed E-state index contributed by atoms with van der Waals surface area (Å²) in [5.41, 5.74) is 4.50. The van der Waals surface area contributed by atoms with E-state index in [0.29, 0.717) is 5.56 Å². The number of hydrogen-bond acceptors (Lipinski definition) is 3. The molecule has 1 aliphatic rings. The topological polar surface area (TPSA) is 66.5 Å². The van der Waals surface area contributed by atoms with Crippen LogP contribution in [0.15, 0.2) is 48.5 Å². The number of fused-ring (bicyclic) bond motifs is 1. The smallest absolute Gasteiger partial charge is 0.243 e. The van der Waals surface area contributed by atoms with Crippen LogP contribution in [0.25, 0.3) is 0 Å². The first kappa shape index (κ1) is 21.5. The van der Waals surface area contributed by atoms with Gasteiger partial charge in [0.15, 0.2) is 0 Å². The molecule has 0 aromatic heterocycles. The number of nitrogens with one attached hydrogen (secondary N) is 1. The number of rotatable bonds is 7. The van der Waals surface area contributed by atoms with Crippen LogP contribution in [0.2, 0.25) is 0 Å². The largest absolute Gasteiger partial charge is 0.348 e. The molecule has 2 aromatic rings. The summed E-state index contributed by atoms with van der Waals surface area (Å²) in [7, 11) is -2.09. The molecule has 0 unspecified atom stereocenters. The normalized spacial score (nSPS) is 16.1. The molecular formula is C23H30N2O3S. The Morgan fingerprint density at radius 2 is 1.69 bits per heavy atom. The molecule has 3 rings (SSSR count). The monoisotopic (exact) mass is 414 g/mol. The van der Waals surface area contributed by atoms with Crippen LogP contribution in [-0.2, 0) is 27.7 Å². The first-order chi connectivity index (χ1) is 13.8. The lowest BCUT2D eigenvalue weighted by molar-refractivity contribution is -0.125. The number of hydrogen-bond donors (Lipinski definition) is 1. The summed E-state index contributed by atoms with van der Waals surface area (Å²) in [6, 6.07) is 14.5. The molecule has 29 heavy (non-hydrogen) atoms. The van der Waals surface area contributed by atoms with Crippen LogP contribution in [0.3, 0.4) is 0 Å². The maximum Gasteiger partial charge on any atom is 0.243 e. The summed E-state index contributed by atoms with van der Waals surface area (Å²) < 4.78 is 25.5. The van der Waals surface area contributed by atoms with Crippen molar-refractivity contribution in [3.63, 3.8) is 0 Å². The van der Waals surface area contributed by atoms with Crippen LogP contribution in [-0.4, -0.2) is 31.9 Å². The van der Waals surface area contributed by atoms with Crippen molar-refractivity contribution in [3.05, 3.63) is 70.8 Å². The van der Waals surface area contributed by atoms with Gasteiger partial charge in [0.25, 0.3) is 0 Å². The molecule has 0 saturated carbocycles. The van der Waals surface area contributed by atoms with Crippen LogP contribution < -0.4 is 5.32 Å². The fourth-order valence-corrected chi connectivity index (χ4v) is 4.60. The standard InChI is InChI=1S/C23H30N2O3S/c1-4-21(20-15-14-17-10-8-9-13-19(17)16-20)24-23(26)22(25(2)29(3,27)28)18-11-6-5-7-12-18/h5-7,11-12,14-16,21-22H,4,8-10,13H2,1-3H3,(H,24,26)/t21-,22+/m0/s1. The number of carbonyl (C=O) groups excluding carboxylic acids is 1. The highest BCUT2D eigenvalue weighted by atomic mass is 32.2. The molecule has 1 aliphatic carbocycles. The van der Waals surface area contributed by atoms with E-state index in [1.54, 1.807) is 12.1 Å². The van der Waals surface area contributed by atoms with Crippen LogP contribution >= 0.6 is 0 Å². The Labute approximate surface area is 174 Å². The zero-order valence-electron chi connectivity index (χ0n) is 17.4. The predicted molar refractivity (Wildman–Crippen MR) is 116 cm³/mol. The molecule has 0 fully saturated rings. The van der Waals surface area contributed by atoms with E-state index in [4.69, 9.17) is 0 Å². The van der Waals surface area contributed by atoms with Gasteiger partial charge in [0.1, 0.15) is 6.04 Å². The van der Waals surface area contributed by atoms with Gasteiger partial charge in [0.05, 0.1) is 12.3 Å². The Hall–Kier alpha value is -2.18. The molecule has 156 valence electrons. The molecule has 2 aromatic carbocycles. The third-order valence-electron chi connectivity index (χ3n) is 5.75. The summed E-state index contributed by atoms with van der Waals surface area (Å²) >= 11 is 0. The second-order valence-electron chi connectivity index (χ2n) is 7.80. The van der Waals surface area contributed by atoms with E-state index in [0.717, 1.165) is 35.4 Å². The summed E-state index contributed by atoms with van der Waals surface area (Å²) in [5, 5.41) is 3.10. The van der Waals surface area contributed by atoms with Gasteiger partial charge in [0.2, 0.25) is 15.9 Å². The van der Waals surface area contributed by atoms with Crippen LogP contribution in [0.5, 0.6) is 0 Å². The number of aryl methyl sites for hydroxylation is 2. The molecule has 0 saturated heterocycles. The molecule has 6 heteroatoms. The average Bonchev–Trinajstić information content (AvgIpc) is 2.72. The lowest BCUT2D eigenvalue weighted by Gasteiger charge is -2.28. The molecule has 1 amide bonds. The number of carbonyl (C=O) groups is 1. The molecular weight excluding hydrogens is 384 g/mol. The highest BCUT2D eigenvalue weighted by Crippen LogP contribution is 2.28. The SMILES string of the molecule is CC[C@H](NC(=O)[C@@H](c1ccccc1)N(C)S(C)(=O)=O)c1ccc2c(c1)CCCC2. The first-order valence-corrected chi connectivity index (χ1v) is 12.1. The van der Waals surface area contributed by atoms with Crippen molar-refractivity contribution in [2.75, 3.05) is 13.3 Å². The third-order valence-corrected chi connectivity index (χ3v) is 7.01. The second kappa shape index (κ2) is 9.09. The van der Waals surface area contributed by atoms with Crippen molar-refractivity contribution in [1.29, 1.82) is 0 Å². The fraction of sp³-hybridized carbons (Fsp3) is 0.435. The fourth-order valence-electron chi connectivity index (χ4n) is 4.00. The number of nitrogens with zero attached hydrogens (tertiary/aromatic N) is 1. The van der Waals surface area contributed by atoms with E-state index in [-0.39, 0.29) is 11.9 Å². The van der Waals surface area contributed by atoms with Gasteiger partial charge in [-0.05, 0) is 54.4 Å². The maximum atomic E-state index is 13.2. The van der Waals surface area contributed by atoms with Gasteiger partial charge in [-0.15, -0.1) is 0 Å². The molecule has 0 heterocycles. The number of benzene rings is 2. The van der Waals surface area contributed by atoms with Gasteiger partial charge in [-0.1, -0.05) is 55.5 Å². The van der Waals surface area contributed by atoms with Crippen molar-refractivity contribution in [1.82, 2.24) is 9.62 Å². The lowest BCUT2D eigenvalue weighted by atomic mass is 9.88. The van der Waals surface area contributed by atoms with Crippen molar-refractivity contribution in [2.24, 2.45) is 0 Å². The van der Waals surface area contributed by atoms with E-state index in [1.165, 1.54) is 31.0 Å². The van der Waals surface area contributed by atoms with Crippen LogP contribution in [0.4, 0.5) is 0 Å². The van der Waals surface area contributed by atoms with Crippen molar-refractivity contribution >= 4 is 15.9 Å². The van der Waals surface area contributed by atoms with Crippen molar-refractivity contribution in [2.45, 2.75) is 51.1 Å². The van der Waals surface area contributed by atoms with Crippen LogP contribution in [0, 0.1) is 0 Å². The van der Waals surface area contributed by atoms with Crippen LogP contribution in [0.1, 0.15) is 60.5 Å². The van der Waals surface area contributed by atoms with Gasteiger partial charge < -0.3 is 5.32 Å². The molecule has 0 radical (unpaired) electrons. The van der Waals surface area contributed by atoms with Gasteiger partial charge in [-0.25, -0.2) is 8.42 Å². The predicted octanol–water partition coefficient (Wildman–Crippen LogP) is 3.77. The zero-order chi connectivity index (χ0) is 21.0. The van der Waals surface area contributed by atoms with Gasteiger partial charge in [0, 0.05) is 7.05 Å². The Balaban J connectivity index is 1.87. The Morgan fingerprint density at radius 3 is 2.31 bits per heavy atom. The quantitative estimate of drug-likeness (QED) is 0.750. The molecule has 5 nitrogen and oxygen atoms in total. The van der Waals surface area contributed by atoms with Crippen molar-refractivity contribution in [3.8, 4) is 0 Å².